The van der Waals surface area contributed by atoms with Gasteiger partial charge in [-0.1, -0.05) is 41.6 Å². The van der Waals surface area contributed by atoms with Crippen molar-refractivity contribution in [1.29, 1.82) is 0 Å². The van der Waals surface area contributed by atoms with Crippen molar-refractivity contribution in [2.24, 2.45) is 0 Å². The van der Waals surface area contributed by atoms with E-state index in [0.29, 0.717) is 27.4 Å². The molecule has 4 aromatic rings. The van der Waals surface area contributed by atoms with E-state index >= 15 is 0 Å². The summed E-state index contributed by atoms with van der Waals surface area (Å²) in [6.07, 6.45) is 0. The molecule has 0 aliphatic heterocycles. The first kappa shape index (κ1) is 22.6. The third kappa shape index (κ3) is 5.79. The predicted molar refractivity (Wildman–Crippen MR) is 132 cm³/mol. The Kier molecular flexibility index (Phi) is 7.07. The topological polar surface area (TPSA) is 88.9 Å². The number of benzene rings is 3. The highest BCUT2D eigenvalue weighted by atomic mass is 35.5. The van der Waals surface area contributed by atoms with Crippen LogP contribution in [0.25, 0.3) is 17.1 Å². The molecular weight excluding hydrogens is 458 g/mol. The molecule has 3 aromatic carbocycles. The van der Waals surface area contributed by atoms with Crippen molar-refractivity contribution in [2.45, 2.75) is 12.1 Å². The second-order valence-electron chi connectivity index (χ2n) is 7.08. The van der Waals surface area contributed by atoms with Crippen LogP contribution in [0.15, 0.2) is 84.0 Å². The molecular formula is C24H20ClN5O2S. The first-order valence-electron chi connectivity index (χ1n) is 10.1. The molecule has 2 amide bonds. The number of nitrogens with zero attached hydrogens (tertiary/aromatic N) is 3. The van der Waals surface area contributed by atoms with Gasteiger partial charge in [0.25, 0.3) is 0 Å². The summed E-state index contributed by atoms with van der Waals surface area (Å²) in [6.45, 7) is 1.44. The van der Waals surface area contributed by atoms with Crippen molar-refractivity contribution < 1.29 is 9.59 Å². The zero-order valence-electron chi connectivity index (χ0n) is 17.7. The summed E-state index contributed by atoms with van der Waals surface area (Å²) in [6, 6.07) is 24.0. The largest absolute Gasteiger partial charge is 0.326 e. The first-order valence-corrected chi connectivity index (χ1v) is 11.4. The van der Waals surface area contributed by atoms with E-state index in [1.807, 2.05) is 47.0 Å². The van der Waals surface area contributed by atoms with E-state index < -0.39 is 0 Å². The molecule has 0 saturated heterocycles. The quantitative estimate of drug-likeness (QED) is 0.354. The van der Waals surface area contributed by atoms with Crippen molar-refractivity contribution in [3.63, 3.8) is 0 Å². The van der Waals surface area contributed by atoms with Crippen LogP contribution < -0.4 is 10.6 Å². The summed E-state index contributed by atoms with van der Waals surface area (Å²) in [4.78, 5) is 23.7. The number of aromatic nitrogens is 3. The Morgan fingerprint density at radius 3 is 2.15 bits per heavy atom. The Bertz CT molecular complexity index is 1260. The molecule has 9 heteroatoms. The van der Waals surface area contributed by atoms with Gasteiger partial charge in [-0.2, -0.15) is 0 Å². The molecule has 0 unspecified atom stereocenters. The minimum absolute atomic E-state index is 0.149. The number of hydrogen-bond acceptors (Lipinski definition) is 5. The average molecular weight is 478 g/mol. The molecule has 2 N–H and O–H groups in total. The van der Waals surface area contributed by atoms with Crippen LogP contribution in [0.4, 0.5) is 11.4 Å². The normalized spacial score (nSPS) is 10.6. The SMILES string of the molecule is CC(=O)Nc1ccc(NC(=O)CSc2nnc(-c3ccc(Cl)cc3)n2-c2ccccc2)cc1. The van der Waals surface area contributed by atoms with Gasteiger partial charge in [-0.3, -0.25) is 14.2 Å². The lowest BCUT2D eigenvalue weighted by Gasteiger charge is -2.11. The van der Waals surface area contributed by atoms with Crippen molar-refractivity contribution in [3.05, 3.63) is 83.9 Å². The predicted octanol–water partition coefficient (Wildman–Crippen LogP) is 5.28. The fourth-order valence-corrected chi connectivity index (χ4v) is 4.00. The maximum Gasteiger partial charge on any atom is 0.234 e. The van der Waals surface area contributed by atoms with Crippen molar-refractivity contribution in [1.82, 2.24) is 14.8 Å². The fourth-order valence-electron chi connectivity index (χ4n) is 3.13. The highest BCUT2D eigenvalue weighted by Gasteiger charge is 2.17. The highest BCUT2D eigenvalue weighted by Crippen LogP contribution is 2.28. The van der Waals surface area contributed by atoms with Gasteiger partial charge in [-0.05, 0) is 60.7 Å². The van der Waals surface area contributed by atoms with Gasteiger partial charge < -0.3 is 10.6 Å². The van der Waals surface area contributed by atoms with Gasteiger partial charge in [0.2, 0.25) is 11.8 Å². The molecule has 0 spiro atoms. The standard InChI is InChI=1S/C24H20ClN5O2S/c1-16(31)26-19-11-13-20(14-12-19)27-22(32)15-33-24-29-28-23(17-7-9-18(25)10-8-17)30(24)21-5-3-2-4-6-21/h2-14H,15H2,1H3,(H,26,31)(H,27,32). The van der Waals surface area contributed by atoms with E-state index in [0.717, 1.165) is 11.3 Å². The first-order chi connectivity index (χ1) is 16.0. The second kappa shape index (κ2) is 10.3. The van der Waals surface area contributed by atoms with Crippen LogP contribution in [-0.2, 0) is 9.59 Å². The summed E-state index contributed by atoms with van der Waals surface area (Å²) in [5.74, 6) is 0.486. The Morgan fingerprint density at radius 1 is 0.879 bits per heavy atom. The molecule has 166 valence electrons. The van der Waals surface area contributed by atoms with E-state index in [-0.39, 0.29) is 17.6 Å². The van der Waals surface area contributed by atoms with Crippen LogP contribution in [0.2, 0.25) is 5.02 Å². The van der Waals surface area contributed by atoms with Crippen molar-refractivity contribution >= 4 is 46.6 Å². The molecule has 7 nitrogen and oxygen atoms in total. The Labute approximate surface area is 200 Å². The van der Waals surface area contributed by atoms with Gasteiger partial charge in [0, 0.05) is 34.6 Å². The van der Waals surface area contributed by atoms with Gasteiger partial charge in [-0.15, -0.1) is 10.2 Å². The van der Waals surface area contributed by atoms with E-state index in [2.05, 4.69) is 20.8 Å². The van der Waals surface area contributed by atoms with Gasteiger partial charge in [0.15, 0.2) is 11.0 Å². The lowest BCUT2D eigenvalue weighted by molar-refractivity contribution is -0.114. The molecule has 4 rings (SSSR count). The fraction of sp³-hybridized carbons (Fsp3) is 0.0833. The number of carbonyl (C=O) groups is 2. The number of anilines is 2. The molecule has 33 heavy (non-hydrogen) atoms. The summed E-state index contributed by atoms with van der Waals surface area (Å²) >= 11 is 7.33. The van der Waals surface area contributed by atoms with Gasteiger partial charge >= 0.3 is 0 Å². The molecule has 0 atom stereocenters. The van der Waals surface area contributed by atoms with Crippen LogP contribution in [0.3, 0.4) is 0 Å². The zero-order valence-corrected chi connectivity index (χ0v) is 19.2. The molecule has 0 radical (unpaired) electrons. The Balaban J connectivity index is 1.50. The molecule has 0 bridgehead atoms. The van der Waals surface area contributed by atoms with E-state index in [1.165, 1.54) is 18.7 Å². The average Bonchev–Trinajstić information content (AvgIpc) is 3.24. The third-order valence-corrected chi connectivity index (χ3v) is 5.75. The number of para-hydroxylation sites is 1. The number of amides is 2. The van der Waals surface area contributed by atoms with Gasteiger partial charge in [-0.25, -0.2) is 0 Å². The molecule has 0 aliphatic carbocycles. The van der Waals surface area contributed by atoms with E-state index in [9.17, 15) is 9.59 Å². The number of rotatable bonds is 7. The summed E-state index contributed by atoms with van der Waals surface area (Å²) in [5.41, 5.74) is 3.07. The maximum absolute atomic E-state index is 12.5. The van der Waals surface area contributed by atoms with Crippen LogP contribution >= 0.6 is 23.4 Å². The minimum atomic E-state index is -0.178. The number of hydrogen-bond donors (Lipinski definition) is 2. The molecule has 0 aliphatic rings. The van der Waals surface area contributed by atoms with Crippen molar-refractivity contribution in [3.8, 4) is 17.1 Å². The summed E-state index contributed by atoms with van der Waals surface area (Å²) < 4.78 is 1.92. The third-order valence-electron chi connectivity index (χ3n) is 4.57. The van der Waals surface area contributed by atoms with Gasteiger partial charge in [0.05, 0.1) is 5.75 Å². The number of carbonyl (C=O) groups excluding carboxylic acids is 2. The number of thioether (sulfide) groups is 1. The molecule has 0 fully saturated rings. The van der Waals surface area contributed by atoms with Crippen LogP contribution in [0, 0.1) is 0 Å². The maximum atomic E-state index is 12.5. The summed E-state index contributed by atoms with van der Waals surface area (Å²) in [5, 5.41) is 15.5. The lowest BCUT2D eigenvalue weighted by Crippen LogP contribution is -2.14. The van der Waals surface area contributed by atoms with E-state index in [1.54, 1.807) is 36.4 Å². The number of halogens is 1. The smallest absolute Gasteiger partial charge is 0.234 e. The van der Waals surface area contributed by atoms with Crippen LogP contribution in [-0.4, -0.2) is 32.3 Å². The highest BCUT2D eigenvalue weighted by molar-refractivity contribution is 7.99. The second-order valence-corrected chi connectivity index (χ2v) is 8.46. The Morgan fingerprint density at radius 2 is 1.52 bits per heavy atom. The van der Waals surface area contributed by atoms with Crippen LogP contribution in [0.1, 0.15) is 6.92 Å². The number of nitrogens with one attached hydrogen (secondary N) is 2. The van der Waals surface area contributed by atoms with Crippen LogP contribution in [0.5, 0.6) is 0 Å². The zero-order chi connectivity index (χ0) is 23.2. The Hall–Kier alpha value is -3.62. The lowest BCUT2D eigenvalue weighted by atomic mass is 10.2. The minimum Gasteiger partial charge on any atom is -0.326 e. The van der Waals surface area contributed by atoms with E-state index in [4.69, 9.17) is 11.6 Å². The molecule has 1 heterocycles. The van der Waals surface area contributed by atoms with Gasteiger partial charge in [0.1, 0.15) is 0 Å². The summed E-state index contributed by atoms with van der Waals surface area (Å²) in [7, 11) is 0. The monoisotopic (exact) mass is 477 g/mol. The van der Waals surface area contributed by atoms with Crippen molar-refractivity contribution in [2.75, 3.05) is 16.4 Å². The molecule has 0 saturated carbocycles. The molecule has 1 aromatic heterocycles.